The van der Waals surface area contributed by atoms with Gasteiger partial charge in [0.2, 0.25) is 0 Å². The van der Waals surface area contributed by atoms with Crippen LogP contribution < -0.4 is 0 Å². The number of carbonyl (C=O) groups excluding carboxylic acids is 1. The monoisotopic (exact) mass is 319 g/mol. The summed E-state index contributed by atoms with van der Waals surface area (Å²) in [6, 6.07) is 18.1. The van der Waals surface area contributed by atoms with E-state index in [0.29, 0.717) is 5.56 Å². The number of esters is 1. The molecule has 3 nitrogen and oxygen atoms in total. The number of carbonyl (C=O) groups is 1. The van der Waals surface area contributed by atoms with Crippen LogP contribution in [0.4, 0.5) is 0 Å². The maximum Gasteiger partial charge on any atom is 0.337 e. The number of hydrogen-bond donors (Lipinski definition) is 0. The van der Waals surface area contributed by atoms with Gasteiger partial charge < -0.3 is 9.64 Å². The molecular weight excluding hydrogens is 298 g/mol. The highest BCUT2D eigenvalue weighted by atomic mass is 35.5. The molecule has 2 rings (SSSR count). The van der Waals surface area contributed by atoms with Gasteiger partial charge in [0.1, 0.15) is 0 Å². The standard InChI is InChI=1S/C18H21NO2.ClH/c1-19(14-16-6-4-3-5-7-16)13-12-15-8-10-17(11-9-15)18(20)21-2;/h3-11H,12-14H2,1-2H3;1H. The van der Waals surface area contributed by atoms with Gasteiger partial charge in [-0.05, 0) is 36.7 Å². The Bertz CT molecular complexity index is 569. The van der Waals surface area contributed by atoms with E-state index in [1.54, 1.807) is 0 Å². The van der Waals surface area contributed by atoms with Crippen molar-refractivity contribution in [1.29, 1.82) is 0 Å². The quantitative estimate of drug-likeness (QED) is 0.762. The maximum atomic E-state index is 11.4. The van der Waals surface area contributed by atoms with Gasteiger partial charge in [-0.25, -0.2) is 4.79 Å². The minimum Gasteiger partial charge on any atom is -0.465 e. The van der Waals surface area contributed by atoms with E-state index in [9.17, 15) is 4.79 Å². The Morgan fingerprint density at radius 3 is 2.23 bits per heavy atom. The molecule has 0 fully saturated rings. The molecule has 0 aliphatic carbocycles. The Hall–Kier alpha value is -1.84. The number of hydrogen-bond acceptors (Lipinski definition) is 3. The van der Waals surface area contributed by atoms with E-state index < -0.39 is 0 Å². The van der Waals surface area contributed by atoms with Gasteiger partial charge in [0, 0.05) is 13.1 Å². The number of likely N-dealkylation sites (N-methyl/N-ethyl adjacent to an activating group) is 1. The predicted molar refractivity (Wildman–Crippen MR) is 91.5 cm³/mol. The molecule has 0 bridgehead atoms. The van der Waals surface area contributed by atoms with Crippen molar-refractivity contribution in [3.63, 3.8) is 0 Å². The number of benzene rings is 2. The van der Waals surface area contributed by atoms with Gasteiger partial charge in [0.05, 0.1) is 12.7 Å². The summed E-state index contributed by atoms with van der Waals surface area (Å²) in [5.41, 5.74) is 3.14. The molecule has 118 valence electrons. The molecule has 0 atom stereocenters. The van der Waals surface area contributed by atoms with Crippen LogP contribution in [0.5, 0.6) is 0 Å². The second kappa shape index (κ2) is 9.23. The minimum absolute atomic E-state index is 0. The lowest BCUT2D eigenvalue weighted by atomic mass is 10.1. The first-order chi connectivity index (χ1) is 10.2. The summed E-state index contributed by atoms with van der Waals surface area (Å²) in [6.45, 7) is 1.92. The van der Waals surface area contributed by atoms with E-state index in [1.165, 1.54) is 18.2 Å². The molecule has 0 radical (unpaired) electrons. The van der Waals surface area contributed by atoms with Crippen molar-refractivity contribution in [3.05, 3.63) is 71.3 Å². The molecule has 0 amide bonds. The molecule has 4 heteroatoms. The lowest BCUT2D eigenvalue weighted by Gasteiger charge is -2.16. The van der Waals surface area contributed by atoms with Gasteiger partial charge in [0.15, 0.2) is 0 Å². The molecule has 22 heavy (non-hydrogen) atoms. The predicted octanol–water partition coefficient (Wildman–Crippen LogP) is 3.57. The fourth-order valence-corrected chi connectivity index (χ4v) is 2.22. The molecule has 0 heterocycles. The summed E-state index contributed by atoms with van der Waals surface area (Å²) in [6.07, 6.45) is 0.963. The van der Waals surface area contributed by atoms with Crippen LogP contribution in [-0.2, 0) is 17.7 Å². The number of rotatable bonds is 6. The van der Waals surface area contributed by atoms with Crippen LogP contribution >= 0.6 is 12.4 Å². The number of ether oxygens (including phenoxy) is 1. The fourth-order valence-electron chi connectivity index (χ4n) is 2.22. The Morgan fingerprint density at radius 1 is 1.00 bits per heavy atom. The number of halogens is 1. The van der Waals surface area contributed by atoms with Crippen molar-refractivity contribution in [1.82, 2.24) is 4.90 Å². The second-order valence-electron chi connectivity index (χ2n) is 5.16. The molecule has 0 saturated carbocycles. The van der Waals surface area contributed by atoms with Crippen molar-refractivity contribution >= 4 is 18.4 Å². The molecule has 0 aliphatic rings. The van der Waals surface area contributed by atoms with Crippen molar-refractivity contribution in [3.8, 4) is 0 Å². The smallest absolute Gasteiger partial charge is 0.337 e. The van der Waals surface area contributed by atoms with Crippen LogP contribution in [0.3, 0.4) is 0 Å². The molecule has 2 aromatic rings. The average molecular weight is 320 g/mol. The zero-order valence-corrected chi connectivity index (χ0v) is 13.8. The fraction of sp³-hybridized carbons (Fsp3) is 0.278. The summed E-state index contributed by atoms with van der Waals surface area (Å²) in [7, 11) is 3.52. The van der Waals surface area contributed by atoms with E-state index in [-0.39, 0.29) is 18.4 Å². The molecule has 0 N–H and O–H groups in total. The molecular formula is C18H22ClNO2. The van der Waals surface area contributed by atoms with E-state index >= 15 is 0 Å². The minimum atomic E-state index is -0.289. The summed E-state index contributed by atoms with van der Waals surface area (Å²) in [5.74, 6) is -0.289. The Balaban J connectivity index is 0.00000242. The summed E-state index contributed by atoms with van der Waals surface area (Å²) in [5, 5.41) is 0. The van der Waals surface area contributed by atoms with E-state index in [4.69, 9.17) is 4.74 Å². The van der Waals surface area contributed by atoms with Crippen molar-refractivity contribution in [2.24, 2.45) is 0 Å². The summed E-state index contributed by atoms with van der Waals surface area (Å²) in [4.78, 5) is 13.7. The van der Waals surface area contributed by atoms with Crippen LogP contribution in [0, 0.1) is 0 Å². The van der Waals surface area contributed by atoms with Gasteiger partial charge in [-0.3, -0.25) is 0 Å². The lowest BCUT2D eigenvalue weighted by Crippen LogP contribution is -2.20. The van der Waals surface area contributed by atoms with E-state index in [0.717, 1.165) is 19.5 Å². The van der Waals surface area contributed by atoms with Crippen LogP contribution in [0.1, 0.15) is 21.5 Å². The van der Waals surface area contributed by atoms with Gasteiger partial charge in [-0.2, -0.15) is 0 Å². The maximum absolute atomic E-state index is 11.4. The third-order valence-electron chi connectivity index (χ3n) is 3.45. The van der Waals surface area contributed by atoms with Gasteiger partial charge in [0.25, 0.3) is 0 Å². The highest BCUT2D eigenvalue weighted by molar-refractivity contribution is 5.89. The molecule has 0 spiro atoms. The van der Waals surface area contributed by atoms with Gasteiger partial charge in [-0.15, -0.1) is 12.4 Å². The van der Waals surface area contributed by atoms with Crippen molar-refractivity contribution in [2.75, 3.05) is 20.7 Å². The number of methoxy groups -OCH3 is 1. The zero-order valence-electron chi connectivity index (χ0n) is 13.0. The lowest BCUT2D eigenvalue weighted by molar-refractivity contribution is 0.0600. The molecule has 0 unspecified atom stereocenters. The SMILES string of the molecule is COC(=O)c1ccc(CCN(C)Cc2ccccc2)cc1.Cl. The molecule has 0 aliphatic heterocycles. The average Bonchev–Trinajstić information content (AvgIpc) is 2.53. The Labute approximate surface area is 138 Å². The van der Waals surface area contributed by atoms with E-state index in [2.05, 4.69) is 36.2 Å². The molecule has 2 aromatic carbocycles. The normalized spacial score (nSPS) is 10.1. The number of nitrogens with zero attached hydrogens (tertiary/aromatic N) is 1. The Morgan fingerprint density at radius 2 is 1.64 bits per heavy atom. The topological polar surface area (TPSA) is 29.5 Å². The zero-order chi connectivity index (χ0) is 15.1. The van der Waals surface area contributed by atoms with Crippen LogP contribution in [-0.4, -0.2) is 31.6 Å². The first-order valence-corrected chi connectivity index (χ1v) is 7.09. The van der Waals surface area contributed by atoms with Crippen LogP contribution in [0.15, 0.2) is 54.6 Å². The van der Waals surface area contributed by atoms with Crippen molar-refractivity contribution in [2.45, 2.75) is 13.0 Å². The third kappa shape index (κ3) is 5.51. The summed E-state index contributed by atoms with van der Waals surface area (Å²) < 4.78 is 4.69. The van der Waals surface area contributed by atoms with Crippen molar-refractivity contribution < 1.29 is 9.53 Å². The molecule has 0 saturated heterocycles. The van der Waals surface area contributed by atoms with E-state index in [1.807, 2.05) is 30.3 Å². The van der Waals surface area contributed by atoms with Gasteiger partial charge in [-0.1, -0.05) is 42.5 Å². The van der Waals surface area contributed by atoms with Crippen LogP contribution in [0.25, 0.3) is 0 Å². The first-order valence-electron chi connectivity index (χ1n) is 7.09. The highest BCUT2D eigenvalue weighted by Gasteiger charge is 2.05. The highest BCUT2D eigenvalue weighted by Crippen LogP contribution is 2.08. The molecule has 0 aromatic heterocycles. The van der Waals surface area contributed by atoms with Gasteiger partial charge >= 0.3 is 5.97 Å². The second-order valence-corrected chi connectivity index (χ2v) is 5.16. The Kier molecular flexibility index (Phi) is 7.64. The third-order valence-corrected chi connectivity index (χ3v) is 3.45. The first kappa shape index (κ1) is 18.2. The largest absolute Gasteiger partial charge is 0.465 e. The van der Waals surface area contributed by atoms with Crippen LogP contribution in [0.2, 0.25) is 0 Å². The summed E-state index contributed by atoms with van der Waals surface area (Å²) >= 11 is 0.